The molecule has 0 aromatic heterocycles. The molecule has 1 rings (SSSR count). The van der Waals surface area contributed by atoms with Crippen molar-refractivity contribution in [1.82, 2.24) is 0 Å². The summed E-state index contributed by atoms with van der Waals surface area (Å²) in [6.07, 6.45) is 6.73. The van der Waals surface area contributed by atoms with Gasteiger partial charge in [-0.25, -0.2) is 0 Å². The maximum absolute atomic E-state index is 10.7. The highest BCUT2D eigenvalue weighted by molar-refractivity contribution is 5.79. The van der Waals surface area contributed by atoms with E-state index in [1.54, 1.807) is 6.07 Å². The molecule has 0 aliphatic carbocycles. The standard InChI is InChI=1S/C15H18O/c1-2-3-4-5-6-7-10-14-11-8-9-12-15(14)13-16/h8-9,11-13H,2-6H2,1H3. The van der Waals surface area contributed by atoms with Gasteiger partial charge in [0.05, 0.1) is 0 Å². The van der Waals surface area contributed by atoms with Gasteiger partial charge >= 0.3 is 0 Å². The summed E-state index contributed by atoms with van der Waals surface area (Å²) < 4.78 is 0. The van der Waals surface area contributed by atoms with Crippen molar-refractivity contribution in [1.29, 1.82) is 0 Å². The van der Waals surface area contributed by atoms with Gasteiger partial charge in [0, 0.05) is 17.5 Å². The van der Waals surface area contributed by atoms with Crippen molar-refractivity contribution < 1.29 is 4.79 Å². The fourth-order valence-corrected chi connectivity index (χ4v) is 1.51. The molecule has 1 nitrogen and oxygen atoms in total. The van der Waals surface area contributed by atoms with E-state index in [0.29, 0.717) is 5.56 Å². The zero-order valence-corrected chi connectivity index (χ0v) is 9.83. The molecule has 0 unspecified atom stereocenters. The van der Waals surface area contributed by atoms with E-state index < -0.39 is 0 Å². The predicted octanol–water partition coefficient (Wildman–Crippen LogP) is 3.82. The Morgan fingerprint density at radius 2 is 2.00 bits per heavy atom. The van der Waals surface area contributed by atoms with Crippen LogP contribution in [0.15, 0.2) is 24.3 Å². The molecule has 0 aliphatic rings. The number of benzene rings is 1. The van der Waals surface area contributed by atoms with Gasteiger partial charge in [-0.15, -0.1) is 0 Å². The Balaban J connectivity index is 2.46. The monoisotopic (exact) mass is 214 g/mol. The highest BCUT2D eigenvalue weighted by Crippen LogP contribution is 2.05. The fourth-order valence-electron chi connectivity index (χ4n) is 1.51. The van der Waals surface area contributed by atoms with E-state index in [2.05, 4.69) is 18.8 Å². The second-order valence-corrected chi connectivity index (χ2v) is 3.82. The average molecular weight is 214 g/mol. The summed E-state index contributed by atoms with van der Waals surface area (Å²) in [5, 5.41) is 0. The zero-order valence-electron chi connectivity index (χ0n) is 9.83. The third kappa shape index (κ3) is 4.31. The molecule has 0 atom stereocenters. The molecule has 1 aromatic carbocycles. The summed E-state index contributed by atoms with van der Waals surface area (Å²) in [4.78, 5) is 10.7. The summed E-state index contributed by atoms with van der Waals surface area (Å²) in [6.45, 7) is 2.20. The van der Waals surface area contributed by atoms with Gasteiger partial charge in [0.1, 0.15) is 0 Å². The minimum atomic E-state index is 0.684. The van der Waals surface area contributed by atoms with Crippen LogP contribution in [-0.2, 0) is 0 Å². The van der Waals surface area contributed by atoms with Gasteiger partial charge in [0.25, 0.3) is 0 Å². The third-order valence-corrected chi connectivity index (χ3v) is 2.47. The molecule has 0 fully saturated rings. The molecule has 0 aliphatic heterocycles. The van der Waals surface area contributed by atoms with Gasteiger partial charge in [-0.05, 0) is 12.5 Å². The summed E-state index contributed by atoms with van der Waals surface area (Å²) in [5.74, 6) is 6.19. The minimum Gasteiger partial charge on any atom is -0.298 e. The number of hydrogen-bond acceptors (Lipinski definition) is 1. The largest absolute Gasteiger partial charge is 0.298 e. The van der Waals surface area contributed by atoms with Crippen molar-refractivity contribution in [3.63, 3.8) is 0 Å². The molecular formula is C15H18O. The molecule has 0 heterocycles. The molecule has 0 saturated carbocycles. The van der Waals surface area contributed by atoms with Crippen molar-refractivity contribution in [2.45, 2.75) is 39.0 Å². The van der Waals surface area contributed by atoms with E-state index >= 15 is 0 Å². The van der Waals surface area contributed by atoms with Crippen LogP contribution in [0.1, 0.15) is 54.9 Å². The predicted molar refractivity (Wildman–Crippen MR) is 67.5 cm³/mol. The molecule has 1 heteroatoms. The lowest BCUT2D eigenvalue weighted by atomic mass is 10.1. The van der Waals surface area contributed by atoms with E-state index in [9.17, 15) is 4.79 Å². The molecule has 0 N–H and O–H groups in total. The van der Waals surface area contributed by atoms with Gasteiger partial charge in [-0.1, -0.05) is 56.2 Å². The summed E-state index contributed by atoms with van der Waals surface area (Å²) in [6, 6.07) is 7.46. The molecular weight excluding hydrogens is 196 g/mol. The van der Waals surface area contributed by atoms with Gasteiger partial charge in [0.15, 0.2) is 6.29 Å². The highest BCUT2D eigenvalue weighted by atomic mass is 16.1. The van der Waals surface area contributed by atoms with Crippen LogP contribution < -0.4 is 0 Å². The molecule has 84 valence electrons. The van der Waals surface area contributed by atoms with Crippen LogP contribution in [0.4, 0.5) is 0 Å². The van der Waals surface area contributed by atoms with Gasteiger partial charge < -0.3 is 0 Å². The lowest BCUT2D eigenvalue weighted by molar-refractivity contribution is 0.112. The van der Waals surface area contributed by atoms with Crippen molar-refractivity contribution in [2.75, 3.05) is 0 Å². The molecule has 16 heavy (non-hydrogen) atoms. The molecule has 0 bridgehead atoms. The number of carbonyl (C=O) groups excluding carboxylic acids is 1. The first-order valence-electron chi connectivity index (χ1n) is 5.91. The fraction of sp³-hybridized carbons (Fsp3) is 0.400. The van der Waals surface area contributed by atoms with Crippen LogP contribution in [0.5, 0.6) is 0 Å². The average Bonchev–Trinajstić information content (AvgIpc) is 2.34. The first-order chi connectivity index (χ1) is 7.88. The van der Waals surface area contributed by atoms with Crippen LogP contribution in [-0.4, -0.2) is 6.29 Å². The second kappa shape index (κ2) is 7.70. The third-order valence-electron chi connectivity index (χ3n) is 2.47. The summed E-state index contributed by atoms with van der Waals surface area (Å²) in [5.41, 5.74) is 1.52. The second-order valence-electron chi connectivity index (χ2n) is 3.82. The number of aldehydes is 1. The van der Waals surface area contributed by atoms with Gasteiger partial charge in [-0.3, -0.25) is 4.79 Å². The van der Waals surface area contributed by atoms with Gasteiger partial charge in [0.2, 0.25) is 0 Å². The van der Waals surface area contributed by atoms with Crippen molar-refractivity contribution in [2.24, 2.45) is 0 Å². The Kier molecular flexibility index (Phi) is 6.03. The molecule has 0 saturated heterocycles. The number of rotatable bonds is 5. The quantitative estimate of drug-likeness (QED) is 0.413. The zero-order chi connectivity index (χ0) is 11.6. The first kappa shape index (κ1) is 12.5. The Labute approximate surface area is 97.9 Å². The lowest BCUT2D eigenvalue weighted by Crippen LogP contribution is -1.85. The van der Waals surface area contributed by atoms with E-state index in [-0.39, 0.29) is 0 Å². The van der Waals surface area contributed by atoms with Crippen molar-refractivity contribution in [3.8, 4) is 11.8 Å². The SMILES string of the molecule is CCCCCCC#Cc1ccccc1C=O. The summed E-state index contributed by atoms with van der Waals surface area (Å²) >= 11 is 0. The van der Waals surface area contributed by atoms with Crippen LogP contribution in [0.3, 0.4) is 0 Å². The Morgan fingerprint density at radius 1 is 1.19 bits per heavy atom. The molecule has 0 amide bonds. The number of hydrogen-bond donors (Lipinski definition) is 0. The van der Waals surface area contributed by atoms with E-state index in [1.807, 2.05) is 18.2 Å². The number of unbranched alkanes of at least 4 members (excludes halogenated alkanes) is 4. The molecule has 0 spiro atoms. The Bertz CT molecular complexity index is 382. The van der Waals surface area contributed by atoms with Crippen LogP contribution >= 0.6 is 0 Å². The lowest BCUT2D eigenvalue weighted by Gasteiger charge is -1.94. The maximum atomic E-state index is 10.7. The van der Waals surface area contributed by atoms with E-state index in [0.717, 1.165) is 24.7 Å². The van der Waals surface area contributed by atoms with E-state index in [1.165, 1.54) is 19.3 Å². The summed E-state index contributed by atoms with van der Waals surface area (Å²) in [7, 11) is 0. The van der Waals surface area contributed by atoms with Crippen LogP contribution in [0.25, 0.3) is 0 Å². The normalized spacial score (nSPS) is 9.31. The van der Waals surface area contributed by atoms with Crippen molar-refractivity contribution >= 4 is 6.29 Å². The Morgan fingerprint density at radius 3 is 2.75 bits per heavy atom. The van der Waals surface area contributed by atoms with Gasteiger partial charge in [-0.2, -0.15) is 0 Å². The molecule has 0 radical (unpaired) electrons. The van der Waals surface area contributed by atoms with Crippen molar-refractivity contribution in [3.05, 3.63) is 35.4 Å². The minimum absolute atomic E-state index is 0.684. The number of carbonyl (C=O) groups is 1. The topological polar surface area (TPSA) is 17.1 Å². The Hall–Kier alpha value is -1.55. The molecule has 1 aromatic rings. The van der Waals surface area contributed by atoms with Crippen LogP contribution in [0, 0.1) is 11.8 Å². The first-order valence-corrected chi connectivity index (χ1v) is 5.91. The highest BCUT2D eigenvalue weighted by Gasteiger charge is 1.94. The maximum Gasteiger partial charge on any atom is 0.151 e. The smallest absolute Gasteiger partial charge is 0.151 e. The van der Waals surface area contributed by atoms with E-state index in [4.69, 9.17) is 0 Å². The van der Waals surface area contributed by atoms with Crippen LogP contribution in [0.2, 0.25) is 0 Å².